The molecule has 6 heteroatoms. The number of halogens is 1. The Hall–Kier alpha value is -3.31. The average molecular weight is 406 g/mol. The Kier molecular flexibility index (Phi) is 5.77. The lowest BCUT2D eigenvalue weighted by Gasteiger charge is -2.09. The molecule has 146 valence electrons. The largest absolute Gasteiger partial charge is 0.489 e. The monoisotopic (exact) mass is 405 g/mol. The maximum atomic E-state index is 12.4. The van der Waals surface area contributed by atoms with Gasteiger partial charge >= 0.3 is 0 Å². The minimum Gasteiger partial charge on any atom is -0.489 e. The zero-order chi connectivity index (χ0) is 20.1. The van der Waals surface area contributed by atoms with Gasteiger partial charge in [0.1, 0.15) is 12.4 Å². The Balaban J connectivity index is 1.34. The minimum absolute atomic E-state index is 0.0816. The molecule has 3 aromatic carbocycles. The van der Waals surface area contributed by atoms with Gasteiger partial charge in [-0.05, 0) is 42.0 Å². The molecule has 1 aromatic heterocycles. The van der Waals surface area contributed by atoms with Gasteiger partial charge in [0.25, 0.3) is 0 Å². The molecule has 0 unspecified atom stereocenters. The number of ether oxygens (including phenoxy) is 1. The van der Waals surface area contributed by atoms with Gasteiger partial charge in [-0.25, -0.2) is 0 Å². The summed E-state index contributed by atoms with van der Waals surface area (Å²) in [5, 5.41) is 8.60. The van der Waals surface area contributed by atoms with Crippen LogP contribution in [0.4, 0.5) is 5.69 Å². The van der Waals surface area contributed by atoms with Gasteiger partial charge in [0, 0.05) is 17.5 Å². The number of aryl methyl sites for hydroxylation is 1. The fraction of sp³-hybridized carbons (Fsp3) is 0.130. The van der Waals surface area contributed by atoms with Crippen LogP contribution in [0, 0.1) is 0 Å². The molecule has 0 fully saturated rings. The SMILES string of the molecule is O=C(CCn1nc(Cl)c2ccccc21)Nc1cccc(COc2ccccc2)c1. The van der Waals surface area contributed by atoms with Crippen LogP contribution >= 0.6 is 11.6 Å². The van der Waals surface area contributed by atoms with Gasteiger partial charge in [-0.15, -0.1) is 0 Å². The number of anilines is 1. The molecule has 1 amide bonds. The smallest absolute Gasteiger partial charge is 0.226 e. The summed E-state index contributed by atoms with van der Waals surface area (Å²) in [7, 11) is 0. The first-order valence-corrected chi connectivity index (χ1v) is 9.74. The Labute approximate surface area is 173 Å². The lowest BCUT2D eigenvalue weighted by Crippen LogP contribution is -2.15. The number of benzene rings is 3. The predicted molar refractivity (Wildman–Crippen MR) is 115 cm³/mol. The van der Waals surface area contributed by atoms with E-state index in [1.165, 1.54) is 0 Å². The van der Waals surface area contributed by atoms with Gasteiger partial charge in [-0.3, -0.25) is 9.48 Å². The number of hydrogen-bond donors (Lipinski definition) is 1. The van der Waals surface area contributed by atoms with Crippen molar-refractivity contribution in [3.8, 4) is 5.75 Å². The van der Waals surface area contributed by atoms with E-state index in [4.69, 9.17) is 16.3 Å². The quantitative estimate of drug-likeness (QED) is 0.454. The summed E-state index contributed by atoms with van der Waals surface area (Å²) in [5.41, 5.74) is 2.65. The second-order valence-electron chi connectivity index (χ2n) is 6.63. The molecule has 0 saturated carbocycles. The Morgan fingerprint density at radius 3 is 2.66 bits per heavy atom. The van der Waals surface area contributed by atoms with Crippen LogP contribution in [0.3, 0.4) is 0 Å². The zero-order valence-electron chi connectivity index (χ0n) is 15.7. The fourth-order valence-corrected chi connectivity index (χ4v) is 3.36. The third-order valence-electron chi connectivity index (χ3n) is 4.52. The first-order chi connectivity index (χ1) is 14.2. The lowest BCUT2D eigenvalue weighted by molar-refractivity contribution is -0.116. The number of nitrogens with zero attached hydrogens (tertiary/aromatic N) is 2. The van der Waals surface area contributed by atoms with Crippen LogP contribution < -0.4 is 10.1 Å². The van der Waals surface area contributed by atoms with Crippen molar-refractivity contribution in [1.29, 1.82) is 0 Å². The van der Waals surface area contributed by atoms with Gasteiger partial charge in [0.05, 0.1) is 12.1 Å². The molecule has 1 N–H and O–H groups in total. The second-order valence-corrected chi connectivity index (χ2v) is 6.99. The standard InChI is InChI=1S/C23H20ClN3O2/c24-23-20-11-4-5-12-21(20)27(26-23)14-13-22(28)25-18-8-6-7-17(15-18)16-29-19-9-2-1-3-10-19/h1-12,15H,13-14,16H2,(H,25,28). The molecule has 0 aliphatic carbocycles. The molecule has 0 atom stereocenters. The average Bonchev–Trinajstić information content (AvgIpc) is 3.08. The van der Waals surface area contributed by atoms with Crippen LogP contribution in [0.25, 0.3) is 10.9 Å². The number of rotatable bonds is 7. The van der Waals surface area contributed by atoms with Crippen molar-refractivity contribution >= 4 is 34.1 Å². The van der Waals surface area contributed by atoms with Crippen molar-refractivity contribution in [3.63, 3.8) is 0 Å². The van der Waals surface area contributed by atoms with Crippen LogP contribution in [0.15, 0.2) is 78.9 Å². The lowest BCUT2D eigenvalue weighted by atomic mass is 10.2. The van der Waals surface area contributed by atoms with Crippen LogP contribution in [0.5, 0.6) is 5.75 Å². The summed E-state index contributed by atoms with van der Waals surface area (Å²) in [5.74, 6) is 0.730. The van der Waals surface area contributed by atoms with E-state index >= 15 is 0 Å². The minimum atomic E-state index is -0.0816. The van der Waals surface area contributed by atoms with E-state index in [0.29, 0.717) is 24.7 Å². The van der Waals surface area contributed by atoms with Gasteiger partial charge in [-0.1, -0.05) is 54.1 Å². The maximum absolute atomic E-state index is 12.4. The first kappa shape index (κ1) is 19.0. The topological polar surface area (TPSA) is 56.2 Å². The molecule has 5 nitrogen and oxygen atoms in total. The molecule has 0 aliphatic heterocycles. The molecular weight excluding hydrogens is 386 g/mol. The number of para-hydroxylation sites is 2. The number of carbonyl (C=O) groups excluding carboxylic acids is 1. The molecule has 1 heterocycles. The Morgan fingerprint density at radius 2 is 1.79 bits per heavy atom. The molecule has 0 bridgehead atoms. The number of amides is 1. The predicted octanol–water partition coefficient (Wildman–Crippen LogP) is 5.30. The third kappa shape index (κ3) is 4.76. The van der Waals surface area contributed by atoms with E-state index in [0.717, 1.165) is 27.9 Å². The highest BCUT2D eigenvalue weighted by atomic mass is 35.5. The highest BCUT2D eigenvalue weighted by Gasteiger charge is 2.10. The Bertz CT molecular complexity index is 1130. The zero-order valence-corrected chi connectivity index (χ0v) is 16.5. The van der Waals surface area contributed by atoms with Crippen molar-refractivity contribution in [2.75, 3.05) is 5.32 Å². The van der Waals surface area contributed by atoms with E-state index in [1.807, 2.05) is 78.9 Å². The van der Waals surface area contributed by atoms with Crippen LogP contribution in [0.2, 0.25) is 5.15 Å². The number of aromatic nitrogens is 2. The van der Waals surface area contributed by atoms with Crippen LogP contribution in [-0.2, 0) is 17.9 Å². The molecule has 29 heavy (non-hydrogen) atoms. The van der Waals surface area contributed by atoms with Crippen molar-refractivity contribution in [1.82, 2.24) is 9.78 Å². The van der Waals surface area contributed by atoms with Crippen molar-refractivity contribution < 1.29 is 9.53 Å². The van der Waals surface area contributed by atoms with Gasteiger partial charge in [0.2, 0.25) is 5.91 Å². The van der Waals surface area contributed by atoms with Crippen LogP contribution in [-0.4, -0.2) is 15.7 Å². The highest BCUT2D eigenvalue weighted by Crippen LogP contribution is 2.22. The molecule has 4 rings (SSSR count). The van der Waals surface area contributed by atoms with Crippen molar-refractivity contribution in [2.24, 2.45) is 0 Å². The summed E-state index contributed by atoms with van der Waals surface area (Å²) < 4.78 is 7.53. The number of carbonyl (C=O) groups is 1. The summed E-state index contributed by atoms with van der Waals surface area (Å²) in [6, 6.07) is 25.0. The summed E-state index contributed by atoms with van der Waals surface area (Å²) >= 11 is 6.17. The highest BCUT2D eigenvalue weighted by molar-refractivity contribution is 6.34. The molecule has 0 radical (unpaired) electrons. The molecule has 0 saturated heterocycles. The van der Waals surface area contributed by atoms with Crippen LogP contribution in [0.1, 0.15) is 12.0 Å². The second kappa shape index (κ2) is 8.80. The summed E-state index contributed by atoms with van der Waals surface area (Å²) in [4.78, 5) is 12.4. The summed E-state index contributed by atoms with van der Waals surface area (Å²) in [6.07, 6.45) is 0.298. The van der Waals surface area contributed by atoms with Crippen molar-refractivity contribution in [2.45, 2.75) is 19.6 Å². The van der Waals surface area contributed by atoms with E-state index in [-0.39, 0.29) is 5.91 Å². The summed E-state index contributed by atoms with van der Waals surface area (Å²) in [6.45, 7) is 0.890. The van der Waals surface area contributed by atoms with Crippen molar-refractivity contribution in [3.05, 3.63) is 89.6 Å². The molecule has 4 aromatic rings. The van der Waals surface area contributed by atoms with Gasteiger partial charge in [-0.2, -0.15) is 5.10 Å². The molecular formula is C23H20ClN3O2. The van der Waals surface area contributed by atoms with E-state index in [2.05, 4.69) is 10.4 Å². The van der Waals surface area contributed by atoms with E-state index in [1.54, 1.807) is 4.68 Å². The van der Waals surface area contributed by atoms with E-state index in [9.17, 15) is 4.79 Å². The fourth-order valence-electron chi connectivity index (χ4n) is 3.11. The normalized spacial score (nSPS) is 10.8. The third-order valence-corrected chi connectivity index (χ3v) is 4.80. The maximum Gasteiger partial charge on any atom is 0.226 e. The number of nitrogens with one attached hydrogen (secondary N) is 1. The molecule has 0 aliphatic rings. The molecule has 0 spiro atoms. The number of hydrogen-bond acceptors (Lipinski definition) is 3. The first-order valence-electron chi connectivity index (χ1n) is 9.37. The number of fused-ring (bicyclic) bond motifs is 1. The van der Waals surface area contributed by atoms with Gasteiger partial charge < -0.3 is 10.1 Å². The van der Waals surface area contributed by atoms with E-state index < -0.39 is 0 Å². The Morgan fingerprint density at radius 1 is 1.00 bits per heavy atom. The van der Waals surface area contributed by atoms with Gasteiger partial charge in [0.15, 0.2) is 5.15 Å².